The second-order valence-electron chi connectivity index (χ2n) is 5.50. The van der Waals surface area contributed by atoms with Crippen LogP contribution in [-0.4, -0.2) is 37.6 Å². The molecule has 0 unspecified atom stereocenters. The Hall–Kier alpha value is -1.59. The number of para-hydroxylation sites is 1. The number of nitrogens with zero attached hydrogens (tertiary/aromatic N) is 1. The third-order valence-electron chi connectivity index (χ3n) is 3.81. The minimum atomic E-state index is -0.473. The average molecular weight is 339 g/mol. The maximum atomic E-state index is 12.6. The van der Waals surface area contributed by atoms with Gasteiger partial charge < -0.3 is 15.0 Å². The van der Waals surface area contributed by atoms with Gasteiger partial charge in [-0.25, -0.2) is 0 Å². The molecule has 1 N–H and O–H groups in total. The van der Waals surface area contributed by atoms with Crippen LogP contribution >= 0.6 is 11.6 Å². The normalized spacial score (nSPS) is 18.1. The van der Waals surface area contributed by atoms with Crippen molar-refractivity contribution >= 4 is 29.1 Å². The van der Waals surface area contributed by atoms with Crippen LogP contribution in [0.5, 0.6) is 0 Å². The van der Waals surface area contributed by atoms with Crippen LogP contribution in [0.3, 0.4) is 0 Å². The molecule has 23 heavy (non-hydrogen) atoms. The Kier molecular flexibility index (Phi) is 6.86. The topological polar surface area (TPSA) is 58.6 Å². The first-order valence-corrected chi connectivity index (χ1v) is 8.44. The van der Waals surface area contributed by atoms with Crippen LogP contribution in [0.2, 0.25) is 5.02 Å². The predicted molar refractivity (Wildman–Crippen MR) is 90.7 cm³/mol. The lowest BCUT2D eigenvalue weighted by Crippen LogP contribution is -2.52. The fraction of sp³-hybridized carbons (Fsp3) is 0.529. The van der Waals surface area contributed by atoms with E-state index in [1.54, 1.807) is 11.0 Å². The van der Waals surface area contributed by atoms with E-state index < -0.39 is 6.04 Å². The first-order chi connectivity index (χ1) is 11.1. The van der Waals surface area contributed by atoms with Crippen LogP contribution in [0.4, 0.5) is 5.69 Å². The number of piperidine rings is 1. The molecule has 1 saturated heterocycles. The molecule has 0 bridgehead atoms. The van der Waals surface area contributed by atoms with Crippen molar-refractivity contribution in [2.45, 2.75) is 38.6 Å². The Morgan fingerprint density at radius 3 is 2.96 bits per heavy atom. The summed E-state index contributed by atoms with van der Waals surface area (Å²) < 4.78 is 5.21. The van der Waals surface area contributed by atoms with E-state index in [1.807, 2.05) is 25.1 Å². The molecule has 2 rings (SSSR count). The van der Waals surface area contributed by atoms with Gasteiger partial charge in [0.1, 0.15) is 6.04 Å². The van der Waals surface area contributed by atoms with Gasteiger partial charge in [0.05, 0.1) is 10.7 Å². The van der Waals surface area contributed by atoms with E-state index in [9.17, 15) is 9.59 Å². The van der Waals surface area contributed by atoms with Gasteiger partial charge in [-0.3, -0.25) is 9.59 Å². The summed E-state index contributed by atoms with van der Waals surface area (Å²) in [6.07, 6.45) is 2.53. The van der Waals surface area contributed by atoms with E-state index in [1.165, 1.54) is 0 Å². The lowest BCUT2D eigenvalue weighted by atomic mass is 10.0. The van der Waals surface area contributed by atoms with E-state index in [4.69, 9.17) is 16.3 Å². The van der Waals surface area contributed by atoms with E-state index in [2.05, 4.69) is 5.32 Å². The first kappa shape index (κ1) is 17.8. The molecule has 2 amide bonds. The van der Waals surface area contributed by atoms with Crippen molar-refractivity contribution in [1.82, 2.24) is 5.32 Å². The van der Waals surface area contributed by atoms with Gasteiger partial charge in [-0.1, -0.05) is 23.7 Å². The number of nitrogens with one attached hydrogen (secondary N) is 1. The largest absolute Gasteiger partial charge is 0.382 e. The number of carbonyl (C=O) groups is 2. The highest BCUT2D eigenvalue weighted by Crippen LogP contribution is 2.28. The van der Waals surface area contributed by atoms with Crippen molar-refractivity contribution in [2.75, 3.05) is 24.7 Å². The highest BCUT2D eigenvalue weighted by Gasteiger charge is 2.31. The Balaban J connectivity index is 1.92. The molecule has 1 aliphatic rings. The number of rotatable bonds is 7. The zero-order valence-electron chi connectivity index (χ0n) is 13.4. The Morgan fingerprint density at radius 2 is 2.22 bits per heavy atom. The van der Waals surface area contributed by atoms with E-state index in [0.717, 1.165) is 6.42 Å². The summed E-state index contributed by atoms with van der Waals surface area (Å²) in [7, 11) is 0. The smallest absolute Gasteiger partial charge is 0.249 e. The number of benzene rings is 1. The highest BCUT2D eigenvalue weighted by atomic mass is 35.5. The molecule has 1 aliphatic heterocycles. The lowest BCUT2D eigenvalue weighted by molar-refractivity contribution is -0.128. The Bertz CT molecular complexity index is 550. The molecule has 0 spiro atoms. The second-order valence-corrected chi connectivity index (χ2v) is 5.91. The van der Waals surface area contributed by atoms with Gasteiger partial charge in [0.25, 0.3) is 0 Å². The summed E-state index contributed by atoms with van der Waals surface area (Å²) in [5.41, 5.74) is 0.703. The second kappa shape index (κ2) is 8.89. The SMILES string of the molecule is CCOCCCC(=O)N[C@H]1CCCN(c2ccccc2Cl)C1=O. The van der Waals surface area contributed by atoms with E-state index in [0.29, 0.717) is 49.7 Å². The van der Waals surface area contributed by atoms with Crippen LogP contribution in [0.25, 0.3) is 0 Å². The Morgan fingerprint density at radius 1 is 1.43 bits per heavy atom. The number of anilines is 1. The molecule has 1 atom stereocenters. The monoisotopic (exact) mass is 338 g/mol. The number of hydrogen-bond donors (Lipinski definition) is 1. The lowest BCUT2D eigenvalue weighted by Gasteiger charge is -2.33. The van der Waals surface area contributed by atoms with Crippen LogP contribution in [0.15, 0.2) is 24.3 Å². The minimum absolute atomic E-state index is 0.0949. The summed E-state index contributed by atoms with van der Waals surface area (Å²) in [5.74, 6) is -0.202. The summed E-state index contributed by atoms with van der Waals surface area (Å²) >= 11 is 6.18. The number of halogens is 1. The molecule has 6 heteroatoms. The number of carbonyl (C=O) groups excluding carboxylic acids is 2. The molecule has 1 fully saturated rings. The summed E-state index contributed by atoms with van der Waals surface area (Å²) in [4.78, 5) is 26.2. The molecule has 0 radical (unpaired) electrons. The molecule has 0 aliphatic carbocycles. The molecule has 1 aromatic carbocycles. The van der Waals surface area contributed by atoms with Crippen LogP contribution < -0.4 is 10.2 Å². The molecular weight excluding hydrogens is 316 g/mol. The summed E-state index contributed by atoms with van der Waals surface area (Å²) in [5, 5.41) is 3.38. The average Bonchev–Trinajstić information content (AvgIpc) is 2.54. The van der Waals surface area contributed by atoms with Gasteiger partial charge >= 0.3 is 0 Å². The highest BCUT2D eigenvalue weighted by molar-refractivity contribution is 6.33. The molecule has 1 heterocycles. The Labute approximate surface area is 141 Å². The maximum Gasteiger partial charge on any atom is 0.249 e. The fourth-order valence-electron chi connectivity index (χ4n) is 2.66. The fourth-order valence-corrected chi connectivity index (χ4v) is 2.90. The van der Waals surface area contributed by atoms with Gasteiger partial charge in [0.2, 0.25) is 11.8 Å². The van der Waals surface area contributed by atoms with Gasteiger partial charge in [-0.2, -0.15) is 0 Å². The number of ether oxygens (including phenoxy) is 1. The van der Waals surface area contributed by atoms with Crippen molar-refractivity contribution < 1.29 is 14.3 Å². The summed E-state index contributed by atoms with van der Waals surface area (Å²) in [6.45, 7) is 3.76. The van der Waals surface area contributed by atoms with Gasteiger partial charge in [-0.15, -0.1) is 0 Å². The zero-order valence-corrected chi connectivity index (χ0v) is 14.1. The van der Waals surface area contributed by atoms with Crippen LogP contribution in [0, 0.1) is 0 Å². The predicted octanol–water partition coefficient (Wildman–Crippen LogP) is 2.77. The number of amides is 2. The van der Waals surface area contributed by atoms with Crippen molar-refractivity contribution in [1.29, 1.82) is 0 Å². The molecule has 0 saturated carbocycles. The maximum absolute atomic E-state index is 12.6. The van der Waals surface area contributed by atoms with Crippen LogP contribution in [-0.2, 0) is 14.3 Å². The van der Waals surface area contributed by atoms with Crippen molar-refractivity contribution in [3.8, 4) is 0 Å². The molecule has 5 nitrogen and oxygen atoms in total. The third kappa shape index (κ3) is 4.94. The van der Waals surface area contributed by atoms with Crippen molar-refractivity contribution in [2.24, 2.45) is 0 Å². The van der Waals surface area contributed by atoms with Crippen molar-refractivity contribution in [3.05, 3.63) is 29.3 Å². The molecule has 126 valence electrons. The summed E-state index contributed by atoms with van der Waals surface area (Å²) in [6, 6.07) is 6.80. The quantitative estimate of drug-likeness (QED) is 0.778. The third-order valence-corrected chi connectivity index (χ3v) is 4.13. The first-order valence-electron chi connectivity index (χ1n) is 8.06. The van der Waals surface area contributed by atoms with E-state index >= 15 is 0 Å². The minimum Gasteiger partial charge on any atom is -0.382 e. The molecule has 0 aromatic heterocycles. The van der Waals surface area contributed by atoms with Crippen LogP contribution in [0.1, 0.15) is 32.6 Å². The molecular formula is C17H23ClN2O3. The van der Waals surface area contributed by atoms with E-state index in [-0.39, 0.29) is 11.8 Å². The van der Waals surface area contributed by atoms with Crippen molar-refractivity contribution in [3.63, 3.8) is 0 Å². The van der Waals surface area contributed by atoms with Gasteiger partial charge in [0, 0.05) is 26.2 Å². The number of hydrogen-bond acceptors (Lipinski definition) is 3. The van der Waals surface area contributed by atoms with Gasteiger partial charge in [0.15, 0.2) is 0 Å². The standard InChI is InChI=1S/C17H23ClN2O3/c1-2-23-12-6-10-16(21)19-14-8-5-11-20(17(14)22)15-9-4-3-7-13(15)18/h3-4,7,9,14H,2,5-6,8,10-12H2,1H3,(H,19,21)/t14-/m0/s1. The molecule has 1 aromatic rings. The zero-order chi connectivity index (χ0) is 16.7. The van der Waals surface area contributed by atoms with Gasteiger partial charge in [-0.05, 0) is 38.3 Å².